The molecule has 0 saturated carbocycles. The lowest BCUT2D eigenvalue weighted by molar-refractivity contribution is 0.784. The quantitative estimate of drug-likeness (QED) is 0.589. The first-order valence-electron chi connectivity index (χ1n) is 5.26. The molecule has 0 N–H and O–H groups in total. The van der Waals surface area contributed by atoms with Crippen molar-refractivity contribution in [3.63, 3.8) is 0 Å². The molecule has 14 heavy (non-hydrogen) atoms. The van der Waals surface area contributed by atoms with Crippen LogP contribution >= 0.6 is 11.8 Å². The summed E-state index contributed by atoms with van der Waals surface area (Å²) >= 11 is 2.00. The van der Waals surface area contributed by atoms with Crippen molar-refractivity contribution in [2.45, 2.75) is 57.5 Å². The molecule has 0 aromatic carbocycles. The van der Waals surface area contributed by atoms with Gasteiger partial charge in [-0.3, -0.25) is 0 Å². The van der Waals surface area contributed by atoms with E-state index < -0.39 is 0 Å². The van der Waals surface area contributed by atoms with Gasteiger partial charge in [0.25, 0.3) is 0 Å². The lowest BCUT2D eigenvalue weighted by Gasteiger charge is -2.27. The Morgan fingerprint density at radius 2 is 1.79 bits per heavy atom. The molecule has 0 bridgehead atoms. The van der Waals surface area contributed by atoms with Crippen LogP contribution in [0.2, 0.25) is 0 Å². The highest BCUT2D eigenvalue weighted by Crippen LogP contribution is 2.35. The Morgan fingerprint density at radius 1 is 1.29 bits per heavy atom. The van der Waals surface area contributed by atoms with E-state index in [1.165, 1.54) is 11.1 Å². The van der Waals surface area contributed by atoms with Crippen LogP contribution in [0.4, 0.5) is 0 Å². The van der Waals surface area contributed by atoms with Gasteiger partial charge in [0, 0.05) is 10.00 Å². The average Bonchev–Trinajstić information content (AvgIpc) is 1.98. The van der Waals surface area contributed by atoms with E-state index in [0.29, 0.717) is 10.00 Å². The van der Waals surface area contributed by atoms with Crippen molar-refractivity contribution in [1.29, 1.82) is 0 Å². The monoisotopic (exact) mass is 212 g/mol. The van der Waals surface area contributed by atoms with Gasteiger partial charge >= 0.3 is 0 Å². The number of rotatable bonds is 5. The Morgan fingerprint density at radius 3 is 2.07 bits per heavy atom. The standard InChI is InChI=1S/C13H24S/c1-8-11(4)12(9-10(2)3)14-13(5,6)7/h12H,2,4,8-9H2,1,3,5-7H3. The topological polar surface area (TPSA) is 0 Å². The summed E-state index contributed by atoms with van der Waals surface area (Å²) in [5.74, 6) is 0. The minimum absolute atomic E-state index is 0.304. The first-order valence-corrected chi connectivity index (χ1v) is 6.14. The number of hydrogen-bond donors (Lipinski definition) is 0. The molecule has 82 valence electrons. The fraction of sp³-hybridized carbons (Fsp3) is 0.692. The highest BCUT2D eigenvalue weighted by atomic mass is 32.2. The maximum absolute atomic E-state index is 4.15. The first-order chi connectivity index (χ1) is 6.26. The first kappa shape index (κ1) is 13.8. The van der Waals surface area contributed by atoms with E-state index in [4.69, 9.17) is 0 Å². The molecule has 0 amide bonds. The lowest BCUT2D eigenvalue weighted by atomic mass is 10.1. The van der Waals surface area contributed by atoms with Crippen LogP contribution in [0.25, 0.3) is 0 Å². The summed E-state index contributed by atoms with van der Waals surface area (Å²) in [5.41, 5.74) is 2.59. The maximum atomic E-state index is 4.15. The SMILES string of the molecule is C=C(C)CC(SC(C)(C)C)C(=C)CC. The third-order valence-electron chi connectivity index (χ3n) is 1.94. The molecule has 0 nitrogen and oxygen atoms in total. The van der Waals surface area contributed by atoms with Crippen molar-refractivity contribution in [2.24, 2.45) is 0 Å². The Bertz CT molecular complexity index is 208. The van der Waals surface area contributed by atoms with E-state index in [1.54, 1.807) is 0 Å². The fourth-order valence-corrected chi connectivity index (χ4v) is 2.80. The van der Waals surface area contributed by atoms with Crippen LogP contribution in [-0.4, -0.2) is 10.00 Å². The maximum Gasteiger partial charge on any atom is 0.0295 e. The summed E-state index contributed by atoms with van der Waals surface area (Å²) in [4.78, 5) is 0. The van der Waals surface area contributed by atoms with Gasteiger partial charge in [0.1, 0.15) is 0 Å². The van der Waals surface area contributed by atoms with E-state index in [0.717, 1.165) is 12.8 Å². The second kappa shape index (κ2) is 5.65. The van der Waals surface area contributed by atoms with Gasteiger partial charge in [-0.25, -0.2) is 0 Å². The Hall–Kier alpha value is -0.170. The molecule has 0 aliphatic rings. The Kier molecular flexibility index (Phi) is 5.58. The smallest absolute Gasteiger partial charge is 0.0295 e. The lowest BCUT2D eigenvalue weighted by Crippen LogP contribution is -2.17. The highest BCUT2D eigenvalue weighted by molar-refractivity contribution is 8.01. The third kappa shape index (κ3) is 6.31. The van der Waals surface area contributed by atoms with Gasteiger partial charge in [-0.1, -0.05) is 45.4 Å². The van der Waals surface area contributed by atoms with E-state index in [-0.39, 0.29) is 0 Å². The van der Waals surface area contributed by atoms with Gasteiger partial charge in [0.2, 0.25) is 0 Å². The largest absolute Gasteiger partial charge is 0.148 e. The number of thioether (sulfide) groups is 1. The minimum Gasteiger partial charge on any atom is -0.148 e. The average molecular weight is 212 g/mol. The van der Waals surface area contributed by atoms with Crippen molar-refractivity contribution in [3.05, 3.63) is 24.3 Å². The molecule has 0 aliphatic carbocycles. The van der Waals surface area contributed by atoms with Gasteiger partial charge in [0.15, 0.2) is 0 Å². The highest BCUT2D eigenvalue weighted by Gasteiger charge is 2.20. The molecule has 0 fully saturated rings. The molecule has 0 aliphatic heterocycles. The molecule has 0 aromatic heterocycles. The zero-order valence-electron chi connectivity index (χ0n) is 10.3. The van der Waals surface area contributed by atoms with Crippen LogP contribution in [-0.2, 0) is 0 Å². The van der Waals surface area contributed by atoms with Gasteiger partial charge in [-0.2, -0.15) is 0 Å². The minimum atomic E-state index is 0.304. The van der Waals surface area contributed by atoms with E-state index in [1.807, 2.05) is 11.8 Å². The van der Waals surface area contributed by atoms with Crippen molar-refractivity contribution in [2.75, 3.05) is 0 Å². The van der Waals surface area contributed by atoms with Crippen molar-refractivity contribution >= 4 is 11.8 Å². The molecular formula is C13H24S. The molecule has 0 spiro atoms. The van der Waals surface area contributed by atoms with Crippen LogP contribution < -0.4 is 0 Å². The molecule has 1 unspecified atom stereocenters. The van der Waals surface area contributed by atoms with Gasteiger partial charge in [-0.05, 0) is 19.8 Å². The van der Waals surface area contributed by atoms with E-state index in [9.17, 15) is 0 Å². The fourth-order valence-electron chi connectivity index (χ4n) is 1.24. The normalized spacial score (nSPS) is 13.8. The molecule has 0 saturated heterocycles. The molecule has 1 atom stereocenters. The summed E-state index contributed by atoms with van der Waals surface area (Å²) in [7, 11) is 0. The summed E-state index contributed by atoms with van der Waals surface area (Å²) in [6.45, 7) is 19.2. The van der Waals surface area contributed by atoms with E-state index in [2.05, 4.69) is 47.8 Å². The van der Waals surface area contributed by atoms with Crippen molar-refractivity contribution in [3.8, 4) is 0 Å². The molecular weight excluding hydrogens is 188 g/mol. The van der Waals surface area contributed by atoms with E-state index >= 15 is 0 Å². The zero-order valence-corrected chi connectivity index (χ0v) is 11.1. The van der Waals surface area contributed by atoms with Crippen LogP contribution in [0, 0.1) is 0 Å². The van der Waals surface area contributed by atoms with Crippen molar-refractivity contribution < 1.29 is 0 Å². The second-order valence-electron chi connectivity index (χ2n) is 4.89. The third-order valence-corrected chi connectivity index (χ3v) is 3.43. The zero-order chi connectivity index (χ0) is 11.4. The summed E-state index contributed by atoms with van der Waals surface area (Å²) in [5, 5.41) is 0.539. The number of allylic oxidation sites excluding steroid dienone is 1. The Labute approximate surface area is 93.9 Å². The molecule has 0 aromatic rings. The molecule has 1 heteroatoms. The predicted octanol–water partition coefficient (Wildman–Crippen LogP) is 4.82. The van der Waals surface area contributed by atoms with Crippen LogP contribution in [0.1, 0.15) is 47.5 Å². The van der Waals surface area contributed by atoms with Gasteiger partial charge in [-0.15, -0.1) is 18.3 Å². The molecule has 0 rings (SSSR count). The van der Waals surface area contributed by atoms with Crippen LogP contribution in [0.15, 0.2) is 24.3 Å². The summed E-state index contributed by atoms with van der Waals surface area (Å²) < 4.78 is 0.304. The van der Waals surface area contributed by atoms with Crippen LogP contribution in [0.5, 0.6) is 0 Å². The summed E-state index contributed by atoms with van der Waals surface area (Å²) in [6.07, 6.45) is 2.13. The molecule has 0 radical (unpaired) electrons. The van der Waals surface area contributed by atoms with Crippen LogP contribution in [0.3, 0.4) is 0 Å². The summed E-state index contributed by atoms with van der Waals surface area (Å²) in [6, 6.07) is 0. The van der Waals surface area contributed by atoms with Gasteiger partial charge < -0.3 is 0 Å². The van der Waals surface area contributed by atoms with Crippen molar-refractivity contribution in [1.82, 2.24) is 0 Å². The van der Waals surface area contributed by atoms with Gasteiger partial charge in [0.05, 0.1) is 0 Å². The number of hydrogen-bond acceptors (Lipinski definition) is 1. The predicted molar refractivity (Wildman–Crippen MR) is 70.0 cm³/mol. The molecule has 0 heterocycles. The Balaban J connectivity index is 4.40. The second-order valence-corrected chi connectivity index (χ2v) is 6.92.